The first-order valence-electron chi connectivity index (χ1n) is 7.01. The number of halogens is 2. The Labute approximate surface area is 116 Å². The Morgan fingerprint density at radius 2 is 1.95 bits per heavy atom. The summed E-state index contributed by atoms with van der Waals surface area (Å²) in [4.78, 5) is 4.43. The molecule has 0 unspecified atom stereocenters. The molecule has 100 valence electrons. The Hall–Kier alpha value is -1.09. The van der Waals surface area contributed by atoms with Crippen molar-refractivity contribution in [3.05, 3.63) is 29.8 Å². The maximum Gasteiger partial charge on any atom is 0.151 e. The molecule has 2 aliphatic rings. The average molecular weight is 279 g/mol. The molecule has 1 aromatic heterocycles. The normalized spacial score (nSPS) is 19.5. The summed E-state index contributed by atoms with van der Waals surface area (Å²) in [5, 5.41) is 0. The standard InChI is InChI=1S/C15H16ClFN2/c16-8-13-18-14-11(17)2-1-3-12(14)19(13)15(9-4-5-9)10-6-7-10/h1-3,9-10,15H,4-8H2. The first-order valence-corrected chi connectivity index (χ1v) is 7.54. The van der Waals surface area contributed by atoms with Gasteiger partial charge in [0.05, 0.1) is 11.4 Å². The van der Waals surface area contributed by atoms with Gasteiger partial charge >= 0.3 is 0 Å². The third kappa shape index (κ3) is 1.86. The van der Waals surface area contributed by atoms with Crippen LogP contribution in [0.3, 0.4) is 0 Å². The van der Waals surface area contributed by atoms with Crippen molar-refractivity contribution < 1.29 is 4.39 Å². The van der Waals surface area contributed by atoms with E-state index >= 15 is 0 Å². The van der Waals surface area contributed by atoms with E-state index in [1.165, 1.54) is 31.7 Å². The fourth-order valence-corrected chi connectivity index (χ4v) is 3.43. The van der Waals surface area contributed by atoms with Gasteiger partial charge in [0.15, 0.2) is 5.82 Å². The minimum absolute atomic E-state index is 0.243. The number of hydrogen-bond donors (Lipinski definition) is 0. The summed E-state index contributed by atoms with van der Waals surface area (Å²) in [5.74, 6) is 2.42. The van der Waals surface area contributed by atoms with Crippen molar-refractivity contribution in [1.82, 2.24) is 9.55 Å². The Balaban J connectivity index is 1.93. The second-order valence-electron chi connectivity index (χ2n) is 5.80. The zero-order valence-electron chi connectivity index (χ0n) is 10.6. The SMILES string of the molecule is Fc1cccc2c1nc(CCl)n2C(C1CC1)C1CC1. The fourth-order valence-electron chi connectivity index (χ4n) is 3.24. The Morgan fingerprint density at radius 3 is 2.53 bits per heavy atom. The molecule has 0 atom stereocenters. The van der Waals surface area contributed by atoms with Crippen LogP contribution in [0.25, 0.3) is 11.0 Å². The second kappa shape index (κ2) is 4.20. The molecule has 0 saturated heterocycles. The van der Waals surface area contributed by atoms with Crippen LogP contribution in [0.1, 0.15) is 37.5 Å². The number of fused-ring (bicyclic) bond motifs is 1. The average Bonchev–Trinajstić information content (AvgIpc) is 3.29. The smallest absolute Gasteiger partial charge is 0.151 e. The van der Waals surface area contributed by atoms with Crippen LogP contribution >= 0.6 is 11.6 Å². The number of imidazole rings is 1. The molecule has 2 nitrogen and oxygen atoms in total. The number of benzene rings is 1. The molecule has 0 amide bonds. The monoisotopic (exact) mass is 278 g/mol. The van der Waals surface area contributed by atoms with E-state index in [1.807, 2.05) is 6.07 Å². The van der Waals surface area contributed by atoms with Gasteiger partial charge in [-0.1, -0.05) is 6.07 Å². The third-order valence-electron chi connectivity index (χ3n) is 4.37. The van der Waals surface area contributed by atoms with Crippen molar-refractivity contribution in [2.24, 2.45) is 11.8 Å². The topological polar surface area (TPSA) is 17.8 Å². The lowest BCUT2D eigenvalue weighted by Gasteiger charge is -2.20. The van der Waals surface area contributed by atoms with E-state index in [1.54, 1.807) is 6.07 Å². The lowest BCUT2D eigenvalue weighted by molar-refractivity contribution is 0.396. The molecule has 0 radical (unpaired) electrons. The van der Waals surface area contributed by atoms with Gasteiger partial charge in [0.2, 0.25) is 0 Å². The van der Waals surface area contributed by atoms with E-state index in [9.17, 15) is 4.39 Å². The number of aromatic nitrogens is 2. The van der Waals surface area contributed by atoms with Crippen LogP contribution in [0.5, 0.6) is 0 Å². The van der Waals surface area contributed by atoms with Crippen molar-refractivity contribution in [1.29, 1.82) is 0 Å². The van der Waals surface area contributed by atoms with E-state index in [0.717, 1.165) is 23.2 Å². The molecular weight excluding hydrogens is 263 g/mol. The number of hydrogen-bond acceptors (Lipinski definition) is 1. The van der Waals surface area contributed by atoms with Crippen molar-refractivity contribution in [3.63, 3.8) is 0 Å². The maximum absolute atomic E-state index is 13.9. The molecule has 1 heterocycles. The highest BCUT2D eigenvalue weighted by Gasteiger charge is 2.43. The quantitative estimate of drug-likeness (QED) is 0.764. The molecule has 0 aliphatic heterocycles. The third-order valence-corrected chi connectivity index (χ3v) is 4.61. The van der Waals surface area contributed by atoms with Crippen LogP contribution in [0.4, 0.5) is 4.39 Å². The van der Waals surface area contributed by atoms with E-state index in [0.29, 0.717) is 17.4 Å². The van der Waals surface area contributed by atoms with Gasteiger partial charge in [0.1, 0.15) is 11.3 Å². The molecule has 2 aliphatic carbocycles. The highest BCUT2D eigenvalue weighted by molar-refractivity contribution is 6.16. The first kappa shape index (κ1) is 11.7. The lowest BCUT2D eigenvalue weighted by Crippen LogP contribution is -2.15. The van der Waals surface area contributed by atoms with E-state index < -0.39 is 0 Å². The summed E-state index contributed by atoms with van der Waals surface area (Å²) in [6, 6.07) is 5.70. The number of nitrogens with zero attached hydrogens (tertiary/aromatic N) is 2. The summed E-state index contributed by atoms with van der Waals surface area (Å²) in [7, 11) is 0. The molecule has 19 heavy (non-hydrogen) atoms. The van der Waals surface area contributed by atoms with E-state index in [2.05, 4.69) is 9.55 Å². The molecule has 1 aromatic carbocycles. The molecule has 0 N–H and O–H groups in total. The van der Waals surface area contributed by atoms with Crippen LogP contribution in [0.2, 0.25) is 0 Å². The first-order chi connectivity index (χ1) is 9.29. The van der Waals surface area contributed by atoms with Gasteiger partial charge in [-0.05, 0) is 49.7 Å². The predicted octanol–water partition coefficient (Wildman–Crippen LogP) is 4.28. The summed E-state index contributed by atoms with van der Waals surface area (Å²) in [6.07, 6.45) is 5.16. The van der Waals surface area contributed by atoms with Crippen molar-refractivity contribution >= 4 is 22.6 Å². The predicted molar refractivity (Wildman–Crippen MR) is 73.7 cm³/mol. The van der Waals surface area contributed by atoms with E-state index in [-0.39, 0.29) is 5.82 Å². The summed E-state index contributed by atoms with van der Waals surface area (Å²) >= 11 is 6.04. The largest absolute Gasteiger partial charge is 0.323 e. The van der Waals surface area contributed by atoms with Crippen LogP contribution in [-0.2, 0) is 5.88 Å². The Morgan fingerprint density at radius 1 is 1.26 bits per heavy atom. The number of rotatable bonds is 4. The molecule has 0 spiro atoms. The zero-order valence-corrected chi connectivity index (χ0v) is 11.4. The molecule has 2 saturated carbocycles. The van der Waals surface area contributed by atoms with Gasteiger partial charge in [-0.2, -0.15) is 0 Å². The van der Waals surface area contributed by atoms with Crippen LogP contribution in [0.15, 0.2) is 18.2 Å². The minimum atomic E-state index is -0.243. The summed E-state index contributed by atoms with van der Waals surface area (Å²) in [5.41, 5.74) is 1.39. The van der Waals surface area contributed by atoms with Crippen LogP contribution in [-0.4, -0.2) is 9.55 Å². The van der Waals surface area contributed by atoms with Crippen molar-refractivity contribution in [3.8, 4) is 0 Å². The lowest BCUT2D eigenvalue weighted by atomic mass is 10.1. The van der Waals surface area contributed by atoms with Crippen molar-refractivity contribution in [2.75, 3.05) is 0 Å². The van der Waals surface area contributed by atoms with Gasteiger partial charge in [-0.3, -0.25) is 0 Å². The van der Waals surface area contributed by atoms with Gasteiger partial charge in [0.25, 0.3) is 0 Å². The van der Waals surface area contributed by atoms with Crippen LogP contribution in [0, 0.1) is 17.7 Å². The Bertz CT molecular complexity index is 616. The second-order valence-corrected chi connectivity index (χ2v) is 6.07. The molecule has 2 aromatic rings. The highest BCUT2D eigenvalue weighted by atomic mass is 35.5. The molecule has 4 heteroatoms. The number of para-hydroxylation sites is 1. The fraction of sp³-hybridized carbons (Fsp3) is 0.533. The molecule has 0 bridgehead atoms. The minimum Gasteiger partial charge on any atom is -0.323 e. The number of alkyl halides is 1. The molecule has 4 rings (SSSR count). The zero-order chi connectivity index (χ0) is 13.0. The van der Waals surface area contributed by atoms with Gasteiger partial charge in [0, 0.05) is 6.04 Å². The van der Waals surface area contributed by atoms with Crippen LogP contribution < -0.4 is 0 Å². The molecule has 2 fully saturated rings. The summed E-state index contributed by atoms with van der Waals surface area (Å²) < 4.78 is 16.1. The van der Waals surface area contributed by atoms with Gasteiger partial charge in [-0.15, -0.1) is 11.6 Å². The Kier molecular flexibility index (Phi) is 2.59. The maximum atomic E-state index is 13.9. The summed E-state index contributed by atoms with van der Waals surface area (Å²) in [6.45, 7) is 0. The van der Waals surface area contributed by atoms with Gasteiger partial charge in [-0.25, -0.2) is 9.37 Å². The van der Waals surface area contributed by atoms with E-state index in [4.69, 9.17) is 11.6 Å². The van der Waals surface area contributed by atoms with Crippen molar-refractivity contribution in [2.45, 2.75) is 37.6 Å². The highest BCUT2D eigenvalue weighted by Crippen LogP contribution is 2.53. The molecular formula is C15H16ClFN2. The van der Waals surface area contributed by atoms with Gasteiger partial charge < -0.3 is 4.57 Å².